The van der Waals surface area contributed by atoms with Crippen LogP contribution >= 0.6 is 11.6 Å². The molecule has 2 aliphatic heterocycles. The zero-order chi connectivity index (χ0) is 15.0. The maximum Gasteiger partial charge on any atom is 0.253 e. The highest BCUT2D eigenvalue weighted by Crippen LogP contribution is 2.22. The zero-order valence-corrected chi connectivity index (χ0v) is 13.3. The van der Waals surface area contributed by atoms with Gasteiger partial charge in [-0.25, -0.2) is 0 Å². The third-order valence-corrected chi connectivity index (χ3v) is 4.54. The van der Waals surface area contributed by atoms with Gasteiger partial charge in [-0.15, -0.1) is 0 Å². The quantitative estimate of drug-likeness (QED) is 0.796. The Morgan fingerprint density at radius 1 is 1.24 bits per heavy atom. The number of rotatable bonds is 1. The number of hydrogen-bond acceptors (Lipinski definition) is 3. The molecule has 4 nitrogen and oxygen atoms in total. The van der Waals surface area contributed by atoms with Crippen LogP contribution in [0.15, 0.2) is 18.2 Å². The van der Waals surface area contributed by atoms with Crippen molar-refractivity contribution in [2.75, 3.05) is 39.9 Å². The Hall–Kier alpha value is -1.10. The molecular weight excluding hydrogens is 288 g/mol. The van der Waals surface area contributed by atoms with Gasteiger partial charge >= 0.3 is 0 Å². The number of amides is 1. The van der Waals surface area contributed by atoms with Crippen LogP contribution in [-0.4, -0.2) is 61.6 Å². The van der Waals surface area contributed by atoms with E-state index >= 15 is 0 Å². The number of benzene rings is 1. The van der Waals surface area contributed by atoms with Gasteiger partial charge in [-0.3, -0.25) is 9.69 Å². The minimum Gasteiger partial charge on any atom is -0.379 e. The number of carbonyl (C=O) groups excluding carboxylic acids is 1. The number of fused-ring (bicyclic) bond motifs is 3. The van der Waals surface area contributed by atoms with Crippen LogP contribution in [0, 0.1) is 12.8 Å². The summed E-state index contributed by atoms with van der Waals surface area (Å²) in [5.41, 5.74) is 1.70. The van der Waals surface area contributed by atoms with Crippen molar-refractivity contribution in [1.82, 2.24) is 9.80 Å². The smallest absolute Gasteiger partial charge is 0.253 e. The lowest BCUT2D eigenvalue weighted by Crippen LogP contribution is -2.44. The van der Waals surface area contributed by atoms with Crippen molar-refractivity contribution in [3.8, 4) is 0 Å². The number of likely N-dealkylation sites (N-methyl/N-ethyl adjacent to an activating group) is 1. The van der Waals surface area contributed by atoms with E-state index in [2.05, 4.69) is 11.9 Å². The molecule has 3 rings (SSSR count). The van der Waals surface area contributed by atoms with Crippen LogP contribution in [0.5, 0.6) is 0 Å². The highest BCUT2D eigenvalue weighted by Gasteiger charge is 2.33. The Labute approximate surface area is 130 Å². The predicted molar refractivity (Wildman–Crippen MR) is 82.8 cm³/mol. The van der Waals surface area contributed by atoms with Crippen LogP contribution in [0.4, 0.5) is 0 Å². The Morgan fingerprint density at radius 3 is 2.81 bits per heavy atom. The fraction of sp³-hybridized carbons (Fsp3) is 0.562. The minimum atomic E-state index is 0.0767. The topological polar surface area (TPSA) is 32.8 Å². The molecule has 2 aliphatic rings. The Morgan fingerprint density at radius 2 is 2.05 bits per heavy atom. The molecule has 2 heterocycles. The van der Waals surface area contributed by atoms with Gasteiger partial charge < -0.3 is 9.64 Å². The number of halogens is 1. The zero-order valence-electron chi connectivity index (χ0n) is 12.5. The van der Waals surface area contributed by atoms with E-state index in [1.54, 1.807) is 6.07 Å². The summed E-state index contributed by atoms with van der Waals surface area (Å²) in [6.45, 7) is 5.86. The van der Waals surface area contributed by atoms with Crippen molar-refractivity contribution in [3.63, 3.8) is 0 Å². The maximum atomic E-state index is 12.8. The van der Waals surface area contributed by atoms with E-state index in [4.69, 9.17) is 16.3 Å². The molecular formula is C16H21ClN2O2. The summed E-state index contributed by atoms with van der Waals surface area (Å²) in [4.78, 5) is 17.1. The van der Waals surface area contributed by atoms with E-state index < -0.39 is 0 Å². The molecule has 2 atom stereocenters. The summed E-state index contributed by atoms with van der Waals surface area (Å²) in [5.74, 6) is 0.458. The summed E-state index contributed by atoms with van der Waals surface area (Å²) in [5, 5.41) is 0.619. The largest absolute Gasteiger partial charge is 0.379 e. The molecule has 0 spiro atoms. The third kappa shape index (κ3) is 3.23. The van der Waals surface area contributed by atoms with Crippen molar-refractivity contribution in [1.29, 1.82) is 0 Å². The summed E-state index contributed by atoms with van der Waals surface area (Å²) in [6.07, 6.45) is 0. The molecule has 1 amide bonds. The standard InChI is InChI=1S/C16H21ClN2O2/c1-11-3-13(5-14(17)4-11)16(20)19-7-12-6-18(2)15(8-19)10-21-9-12/h3-5,12,15H,6-10H2,1-2H3/t12-,15+/m1/s1. The van der Waals surface area contributed by atoms with E-state index in [1.165, 1.54) is 0 Å². The van der Waals surface area contributed by atoms with Gasteiger partial charge in [-0.05, 0) is 37.7 Å². The molecule has 1 aromatic rings. The molecule has 2 fully saturated rings. The van der Waals surface area contributed by atoms with Gasteiger partial charge in [0, 0.05) is 36.1 Å². The van der Waals surface area contributed by atoms with Crippen LogP contribution < -0.4 is 0 Å². The fourth-order valence-electron chi connectivity index (χ4n) is 3.26. The molecule has 5 heteroatoms. The number of ether oxygens (including phenoxy) is 1. The van der Waals surface area contributed by atoms with E-state index in [0.29, 0.717) is 23.1 Å². The second kappa shape index (κ2) is 5.95. The highest BCUT2D eigenvalue weighted by molar-refractivity contribution is 6.31. The van der Waals surface area contributed by atoms with Crippen molar-refractivity contribution in [3.05, 3.63) is 34.3 Å². The number of carbonyl (C=O) groups is 1. The van der Waals surface area contributed by atoms with Crippen molar-refractivity contribution >= 4 is 17.5 Å². The first-order chi connectivity index (χ1) is 10.0. The fourth-order valence-corrected chi connectivity index (χ4v) is 3.55. The SMILES string of the molecule is Cc1cc(Cl)cc(C(=O)N2C[C@@H]3COC[C@H](C2)N(C)C3)c1. The lowest BCUT2D eigenvalue weighted by atomic mass is 10.1. The second-order valence-corrected chi connectivity index (χ2v) is 6.66. The van der Waals surface area contributed by atoms with E-state index in [0.717, 1.165) is 31.8 Å². The molecule has 0 unspecified atom stereocenters. The third-order valence-electron chi connectivity index (χ3n) is 4.32. The lowest BCUT2D eigenvalue weighted by molar-refractivity contribution is 0.0433. The Bertz CT molecular complexity index is 529. The van der Waals surface area contributed by atoms with Gasteiger partial charge in [-0.1, -0.05) is 11.6 Å². The van der Waals surface area contributed by atoms with E-state index in [-0.39, 0.29) is 11.9 Å². The van der Waals surface area contributed by atoms with Gasteiger partial charge in [-0.2, -0.15) is 0 Å². The molecule has 0 N–H and O–H groups in total. The van der Waals surface area contributed by atoms with Gasteiger partial charge in [0.25, 0.3) is 5.91 Å². The van der Waals surface area contributed by atoms with Crippen LogP contribution in [0.2, 0.25) is 5.02 Å². The molecule has 2 bridgehead atoms. The first kappa shape index (κ1) is 14.8. The lowest BCUT2D eigenvalue weighted by Gasteiger charge is -2.30. The van der Waals surface area contributed by atoms with Crippen LogP contribution in [-0.2, 0) is 4.74 Å². The normalized spacial score (nSPS) is 26.5. The first-order valence-corrected chi connectivity index (χ1v) is 7.75. The van der Waals surface area contributed by atoms with Crippen LogP contribution in [0.1, 0.15) is 15.9 Å². The number of hydrogen-bond donors (Lipinski definition) is 0. The molecule has 2 saturated heterocycles. The van der Waals surface area contributed by atoms with Gasteiger partial charge in [0.05, 0.1) is 19.3 Å². The number of aryl methyl sites for hydroxylation is 1. The average Bonchev–Trinajstić information content (AvgIpc) is 2.65. The van der Waals surface area contributed by atoms with Crippen molar-refractivity contribution < 1.29 is 9.53 Å². The average molecular weight is 309 g/mol. The predicted octanol–water partition coefficient (Wildman–Crippen LogP) is 2.05. The molecule has 0 aliphatic carbocycles. The van der Waals surface area contributed by atoms with E-state index in [9.17, 15) is 4.79 Å². The summed E-state index contributed by atoms with van der Waals surface area (Å²) < 4.78 is 5.70. The van der Waals surface area contributed by atoms with E-state index in [1.807, 2.05) is 24.0 Å². The molecule has 0 saturated carbocycles. The van der Waals surface area contributed by atoms with Crippen LogP contribution in [0.25, 0.3) is 0 Å². The maximum absolute atomic E-state index is 12.8. The summed E-state index contributed by atoms with van der Waals surface area (Å²) >= 11 is 6.09. The van der Waals surface area contributed by atoms with Crippen molar-refractivity contribution in [2.24, 2.45) is 5.92 Å². The molecule has 0 aromatic heterocycles. The van der Waals surface area contributed by atoms with Gasteiger partial charge in [0.1, 0.15) is 0 Å². The summed E-state index contributed by atoms with van der Waals surface area (Å²) in [7, 11) is 2.11. The Kier molecular flexibility index (Phi) is 4.20. The Balaban J connectivity index is 1.84. The summed E-state index contributed by atoms with van der Waals surface area (Å²) in [6, 6.07) is 5.83. The minimum absolute atomic E-state index is 0.0767. The van der Waals surface area contributed by atoms with Crippen molar-refractivity contribution in [2.45, 2.75) is 13.0 Å². The van der Waals surface area contributed by atoms with Gasteiger partial charge in [0.15, 0.2) is 0 Å². The second-order valence-electron chi connectivity index (χ2n) is 6.22. The first-order valence-electron chi connectivity index (χ1n) is 7.37. The molecule has 21 heavy (non-hydrogen) atoms. The monoisotopic (exact) mass is 308 g/mol. The molecule has 1 aromatic carbocycles. The number of nitrogens with zero attached hydrogens (tertiary/aromatic N) is 2. The van der Waals surface area contributed by atoms with Crippen LogP contribution in [0.3, 0.4) is 0 Å². The molecule has 0 radical (unpaired) electrons. The van der Waals surface area contributed by atoms with Gasteiger partial charge in [0.2, 0.25) is 0 Å². The molecule has 114 valence electrons. The highest BCUT2D eigenvalue weighted by atomic mass is 35.5.